The van der Waals surface area contributed by atoms with Crippen LogP contribution in [0.3, 0.4) is 0 Å². The van der Waals surface area contributed by atoms with Gasteiger partial charge in [0.05, 0.1) is 19.8 Å². The van der Waals surface area contributed by atoms with Crippen molar-refractivity contribution in [1.29, 1.82) is 0 Å². The molecular formula is C27H34O4. The molecule has 1 aliphatic carbocycles. The van der Waals surface area contributed by atoms with Crippen LogP contribution in [0.2, 0.25) is 0 Å². The van der Waals surface area contributed by atoms with E-state index in [4.69, 9.17) is 14.2 Å². The van der Waals surface area contributed by atoms with Gasteiger partial charge in [-0.25, -0.2) is 4.79 Å². The van der Waals surface area contributed by atoms with Crippen LogP contribution in [-0.2, 0) is 16.0 Å². The largest absolute Gasteiger partial charge is 0.494 e. The zero-order valence-corrected chi connectivity index (χ0v) is 18.9. The van der Waals surface area contributed by atoms with E-state index in [0.29, 0.717) is 18.8 Å². The molecule has 0 saturated carbocycles. The fourth-order valence-corrected chi connectivity index (χ4v) is 3.74. The number of rotatable bonds is 13. The molecule has 0 aliphatic heterocycles. The molecule has 31 heavy (non-hydrogen) atoms. The Morgan fingerprint density at radius 2 is 1.39 bits per heavy atom. The number of esters is 1. The van der Waals surface area contributed by atoms with Crippen LogP contribution in [0.4, 0.5) is 0 Å². The van der Waals surface area contributed by atoms with Crippen LogP contribution >= 0.6 is 0 Å². The van der Waals surface area contributed by atoms with Crippen molar-refractivity contribution in [1.82, 2.24) is 0 Å². The summed E-state index contributed by atoms with van der Waals surface area (Å²) in [5, 5.41) is 0. The van der Waals surface area contributed by atoms with Gasteiger partial charge in [0.2, 0.25) is 0 Å². The molecule has 0 fully saturated rings. The topological polar surface area (TPSA) is 44.8 Å². The Labute approximate surface area is 186 Å². The van der Waals surface area contributed by atoms with Crippen LogP contribution < -0.4 is 9.47 Å². The van der Waals surface area contributed by atoms with Crippen molar-refractivity contribution < 1.29 is 19.0 Å². The lowest BCUT2D eigenvalue weighted by Gasteiger charge is -2.09. The van der Waals surface area contributed by atoms with Crippen LogP contribution in [0.1, 0.15) is 63.5 Å². The molecule has 0 heterocycles. The summed E-state index contributed by atoms with van der Waals surface area (Å²) in [4.78, 5) is 11.3. The minimum atomic E-state index is -0.314. The number of benzene rings is 2. The third-order valence-corrected chi connectivity index (χ3v) is 5.48. The molecule has 0 unspecified atom stereocenters. The first-order chi connectivity index (χ1) is 15.1. The van der Waals surface area contributed by atoms with Gasteiger partial charge in [-0.1, -0.05) is 38.5 Å². The Morgan fingerprint density at radius 1 is 0.839 bits per heavy atom. The molecule has 2 aromatic rings. The number of carbonyl (C=O) groups excluding carboxylic acids is 1. The quantitative estimate of drug-likeness (QED) is 0.179. The van der Waals surface area contributed by atoms with Crippen LogP contribution in [0, 0.1) is 0 Å². The van der Waals surface area contributed by atoms with Crippen molar-refractivity contribution in [2.45, 2.75) is 58.8 Å². The normalized spacial score (nSPS) is 11.5. The Morgan fingerprint density at radius 3 is 1.94 bits per heavy atom. The van der Waals surface area contributed by atoms with E-state index in [1.165, 1.54) is 35.1 Å². The SMILES string of the molecule is C=C(C)C(=O)OCCCCCOc1ccc2c(c1)Cc1cc(OCCCCC)ccc1-2. The van der Waals surface area contributed by atoms with E-state index in [2.05, 4.69) is 49.9 Å². The number of unbranched alkanes of at least 4 members (excludes halogenated alkanes) is 4. The number of hydrogen-bond acceptors (Lipinski definition) is 4. The van der Waals surface area contributed by atoms with Gasteiger partial charge in [0, 0.05) is 5.57 Å². The van der Waals surface area contributed by atoms with Crippen molar-refractivity contribution in [3.63, 3.8) is 0 Å². The lowest BCUT2D eigenvalue weighted by Crippen LogP contribution is -2.06. The summed E-state index contributed by atoms with van der Waals surface area (Å²) >= 11 is 0. The van der Waals surface area contributed by atoms with Crippen LogP contribution in [-0.4, -0.2) is 25.8 Å². The minimum absolute atomic E-state index is 0.314. The highest BCUT2D eigenvalue weighted by Crippen LogP contribution is 2.39. The summed E-state index contributed by atoms with van der Waals surface area (Å²) in [7, 11) is 0. The monoisotopic (exact) mass is 422 g/mol. The fourth-order valence-electron chi connectivity index (χ4n) is 3.74. The molecule has 2 aromatic carbocycles. The Kier molecular flexibility index (Phi) is 8.57. The minimum Gasteiger partial charge on any atom is -0.494 e. The molecule has 0 atom stereocenters. The number of carbonyl (C=O) groups is 1. The first-order valence-corrected chi connectivity index (χ1v) is 11.4. The van der Waals surface area contributed by atoms with Crippen LogP contribution in [0.5, 0.6) is 11.5 Å². The maximum absolute atomic E-state index is 11.3. The summed E-state index contributed by atoms with van der Waals surface area (Å²) in [6.07, 6.45) is 7.17. The van der Waals surface area contributed by atoms with Crippen LogP contribution in [0.25, 0.3) is 11.1 Å². The van der Waals surface area contributed by atoms with Crippen molar-refractivity contribution in [3.8, 4) is 22.6 Å². The smallest absolute Gasteiger partial charge is 0.333 e. The summed E-state index contributed by atoms with van der Waals surface area (Å²) in [6, 6.07) is 12.8. The van der Waals surface area contributed by atoms with Crippen molar-refractivity contribution >= 4 is 5.97 Å². The zero-order chi connectivity index (χ0) is 22.1. The van der Waals surface area contributed by atoms with Crippen molar-refractivity contribution in [2.75, 3.05) is 19.8 Å². The van der Waals surface area contributed by atoms with Gasteiger partial charge in [0.1, 0.15) is 11.5 Å². The molecular weight excluding hydrogens is 388 g/mol. The lowest BCUT2D eigenvalue weighted by molar-refractivity contribution is -0.139. The van der Waals surface area contributed by atoms with Crippen molar-refractivity contribution in [3.05, 3.63) is 59.7 Å². The van der Waals surface area contributed by atoms with Gasteiger partial charge in [-0.3, -0.25) is 0 Å². The van der Waals surface area contributed by atoms with E-state index in [0.717, 1.165) is 50.2 Å². The Hall–Kier alpha value is -2.75. The fraction of sp³-hybridized carbons (Fsp3) is 0.444. The summed E-state index contributed by atoms with van der Waals surface area (Å²) in [5.41, 5.74) is 5.66. The average Bonchev–Trinajstić information content (AvgIpc) is 3.12. The van der Waals surface area contributed by atoms with E-state index in [9.17, 15) is 4.79 Å². The van der Waals surface area contributed by atoms with Crippen LogP contribution in [0.15, 0.2) is 48.6 Å². The predicted octanol–water partition coefficient (Wildman–Crippen LogP) is 6.50. The molecule has 0 amide bonds. The summed E-state index contributed by atoms with van der Waals surface area (Å²) < 4.78 is 17.0. The molecule has 0 saturated heterocycles. The second-order valence-electron chi connectivity index (χ2n) is 8.20. The molecule has 4 heteroatoms. The molecule has 0 N–H and O–H groups in total. The molecule has 3 rings (SSSR count). The van der Waals surface area contributed by atoms with E-state index < -0.39 is 0 Å². The molecule has 1 aliphatic rings. The molecule has 0 aromatic heterocycles. The third kappa shape index (κ3) is 6.61. The molecule has 4 nitrogen and oxygen atoms in total. The number of hydrogen-bond donors (Lipinski definition) is 0. The van der Waals surface area contributed by atoms with Crippen molar-refractivity contribution in [2.24, 2.45) is 0 Å². The van der Waals surface area contributed by atoms with Gasteiger partial charge in [-0.15, -0.1) is 0 Å². The zero-order valence-electron chi connectivity index (χ0n) is 18.9. The maximum Gasteiger partial charge on any atom is 0.333 e. The summed E-state index contributed by atoms with van der Waals surface area (Å²) in [5.74, 6) is 1.56. The third-order valence-electron chi connectivity index (χ3n) is 5.48. The standard InChI is InChI=1S/C27H34O4/c1-4-5-7-14-29-23-10-12-25-21(18-23)17-22-19-24(11-13-26(22)25)30-15-8-6-9-16-31-27(28)20(2)3/h10-13,18-19H,2,4-9,14-17H2,1,3H3. The van der Waals surface area contributed by atoms with Gasteiger partial charge in [0.15, 0.2) is 0 Å². The molecule has 0 spiro atoms. The second kappa shape index (κ2) is 11.6. The Bertz CT molecular complexity index is 900. The highest BCUT2D eigenvalue weighted by atomic mass is 16.5. The van der Waals surface area contributed by atoms with Gasteiger partial charge >= 0.3 is 5.97 Å². The van der Waals surface area contributed by atoms with Gasteiger partial charge in [-0.05, 0) is 85.5 Å². The number of fused-ring (bicyclic) bond motifs is 3. The van der Waals surface area contributed by atoms with Gasteiger partial charge in [0.25, 0.3) is 0 Å². The predicted molar refractivity (Wildman–Crippen MR) is 125 cm³/mol. The Balaban J connectivity index is 1.43. The second-order valence-corrected chi connectivity index (χ2v) is 8.20. The molecule has 166 valence electrons. The van der Waals surface area contributed by atoms with Gasteiger partial charge in [-0.2, -0.15) is 0 Å². The summed E-state index contributed by atoms with van der Waals surface area (Å²) in [6.45, 7) is 9.32. The van der Waals surface area contributed by atoms with E-state index in [-0.39, 0.29) is 5.97 Å². The molecule has 0 bridgehead atoms. The molecule has 0 radical (unpaired) electrons. The van der Waals surface area contributed by atoms with E-state index in [1.807, 2.05) is 0 Å². The highest BCUT2D eigenvalue weighted by Gasteiger charge is 2.19. The average molecular weight is 423 g/mol. The maximum atomic E-state index is 11.3. The van der Waals surface area contributed by atoms with E-state index in [1.54, 1.807) is 6.92 Å². The first kappa shape index (κ1) is 22.9. The van der Waals surface area contributed by atoms with Gasteiger partial charge < -0.3 is 14.2 Å². The number of ether oxygens (including phenoxy) is 3. The first-order valence-electron chi connectivity index (χ1n) is 11.4. The highest BCUT2D eigenvalue weighted by molar-refractivity contribution is 5.86. The van der Waals surface area contributed by atoms with E-state index >= 15 is 0 Å². The lowest BCUT2D eigenvalue weighted by atomic mass is 10.1.